The van der Waals surface area contributed by atoms with Gasteiger partial charge in [0.15, 0.2) is 5.82 Å². The molecule has 0 fully saturated rings. The lowest BCUT2D eigenvalue weighted by Crippen LogP contribution is -2.16. The smallest absolute Gasteiger partial charge is 0.259 e. The van der Waals surface area contributed by atoms with Crippen LogP contribution in [-0.2, 0) is 12.8 Å². The molecule has 0 amide bonds. The van der Waals surface area contributed by atoms with Crippen LogP contribution in [0.4, 0.5) is 0 Å². The number of rotatable bonds is 4. The van der Waals surface area contributed by atoms with Crippen LogP contribution in [0.2, 0.25) is 0 Å². The predicted molar refractivity (Wildman–Crippen MR) is 119 cm³/mol. The second kappa shape index (κ2) is 7.26. The highest BCUT2D eigenvalue weighted by Crippen LogP contribution is 2.38. The summed E-state index contributed by atoms with van der Waals surface area (Å²) in [7, 11) is 0. The first-order valence-corrected chi connectivity index (χ1v) is 12.0. The molecule has 5 rings (SSSR count). The first-order valence-electron chi connectivity index (χ1n) is 9.46. The van der Waals surface area contributed by atoms with E-state index in [0.717, 1.165) is 34.4 Å². The van der Waals surface area contributed by atoms with E-state index in [9.17, 15) is 4.79 Å². The van der Waals surface area contributed by atoms with E-state index in [1.807, 2.05) is 24.4 Å². The molecule has 1 aliphatic carbocycles. The van der Waals surface area contributed by atoms with Crippen molar-refractivity contribution >= 4 is 44.7 Å². The zero-order chi connectivity index (χ0) is 20.1. The normalized spacial score (nSPS) is 17.5. The van der Waals surface area contributed by atoms with Gasteiger partial charge in [-0.15, -0.1) is 32.9 Å². The van der Waals surface area contributed by atoms with Crippen LogP contribution in [0.25, 0.3) is 20.9 Å². The number of nitrogen functional groups attached to an aromatic ring is 1. The summed E-state index contributed by atoms with van der Waals surface area (Å²) in [5.41, 5.74) is 1.16. The zero-order valence-corrected chi connectivity index (χ0v) is 18.5. The number of nitrogens with two attached hydrogens (primary N) is 1. The number of aromatic amines is 1. The summed E-state index contributed by atoms with van der Waals surface area (Å²) in [4.78, 5) is 23.7. The van der Waals surface area contributed by atoms with E-state index in [1.165, 1.54) is 26.9 Å². The molecule has 0 saturated carbocycles. The molecule has 0 saturated heterocycles. The fraction of sp³-hybridized carbons (Fsp3) is 0.368. The number of H-pyrrole nitrogens is 1. The Bertz CT molecular complexity index is 1240. The number of fused-ring (bicyclic) bond motifs is 3. The van der Waals surface area contributed by atoms with E-state index in [4.69, 9.17) is 10.8 Å². The third-order valence-electron chi connectivity index (χ3n) is 5.26. The fourth-order valence-corrected chi connectivity index (χ4v) is 6.63. The van der Waals surface area contributed by atoms with Gasteiger partial charge in [-0.25, -0.2) is 9.66 Å². The third kappa shape index (κ3) is 3.28. The van der Waals surface area contributed by atoms with E-state index in [0.29, 0.717) is 22.7 Å². The highest BCUT2D eigenvalue weighted by atomic mass is 32.2. The lowest BCUT2D eigenvalue weighted by atomic mass is 9.89. The van der Waals surface area contributed by atoms with E-state index >= 15 is 0 Å². The third-order valence-corrected chi connectivity index (χ3v) is 8.34. The second-order valence-corrected chi connectivity index (χ2v) is 10.7. The molecule has 4 aromatic rings. The average Bonchev–Trinajstić information content (AvgIpc) is 3.40. The van der Waals surface area contributed by atoms with Crippen LogP contribution in [0.1, 0.15) is 41.8 Å². The molecular weight excluding hydrogens is 424 g/mol. The Kier molecular flexibility index (Phi) is 4.72. The summed E-state index contributed by atoms with van der Waals surface area (Å²) in [6, 6.07) is 3.91. The first kappa shape index (κ1) is 18.8. The first-order chi connectivity index (χ1) is 14.0. The maximum absolute atomic E-state index is 12.8. The molecule has 29 heavy (non-hydrogen) atoms. The number of thioether (sulfide) groups is 1. The van der Waals surface area contributed by atoms with Crippen LogP contribution >= 0.6 is 34.4 Å². The average molecular weight is 445 g/mol. The summed E-state index contributed by atoms with van der Waals surface area (Å²) >= 11 is 4.66. The van der Waals surface area contributed by atoms with Crippen LogP contribution < -0.4 is 11.4 Å². The lowest BCUT2D eigenvalue weighted by Gasteiger charge is -2.17. The Hall–Kier alpha value is -2.17. The van der Waals surface area contributed by atoms with Crippen LogP contribution in [0, 0.1) is 5.92 Å². The zero-order valence-electron chi connectivity index (χ0n) is 16.0. The van der Waals surface area contributed by atoms with Gasteiger partial charge in [-0.1, -0.05) is 24.8 Å². The minimum atomic E-state index is -0.118. The molecule has 1 aliphatic rings. The molecule has 0 aromatic carbocycles. The molecule has 7 nitrogen and oxygen atoms in total. The van der Waals surface area contributed by atoms with Crippen LogP contribution in [0.5, 0.6) is 0 Å². The van der Waals surface area contributed by atoms with E-state index in [-0.39, 0.29) is 10.8 Å². The molecular formula is C19H20N6OS3. The van der Waals surface area contributed by atoms with Crippen molar-refractivity contribution < 1.29 is 0 Å². The second-order valence-electron chi connectivity index (χ2n) is 7.40. The molecule has 0 radical (unpaired) electrons. The van der Waals surface area contributed by atoms with Crippen molar-refractivity contribution in [2.75, 3.05) is 5.84 Å². The van der Waals surface area contributed by atoms with Gasteiger partial charge < -0.3 is 10.8 Å². The molecule has 2 atom stereocenters. The Morgan fingerprint density at radius 2 is 2.28 bits per heavy atom. The number of hydrogen-bond donors (Lipinski definition) is 2. The van der Waals surface area contributed by atoms with Gasteiger partial charge in [-0.3, -0.25) is 4.79 Å². The Balaban J connectivity index is 1.46. The number of nitrogens with one attached hydrogen (secondary N) is 1. The van der Waals surface area contributed by atoms with Crippen molar-refractivity contribution in [1.29, 1.82) is 0 Å². The standard InChI is InChI=1S/C19H20N6OS3/c1-9-5-6-11-13(8-9)29-18-14(11)17(26)21-15(22-18)10(2)28-19-24-23-16(25(19)20)12-4-3-7-27-12/h3-4,7,9-10H,5-6,8,20H2,1-2H3,(H,21,22,26). The number of hydrogen-bond acceptors (Lipinski definition) is 8. The number of thiophene rings is 2. The van der Waals surface area contributed by atoms with Gasteiger partial charge in [-0.2, -0.15) is 0 Å². The van der Waals surface area contributed by atoms with E-state index in [2.05, 4.69) is 22.1 Å². The van der Waals surface area contributed by atoms with E-state index < -0.39 is 0 Å². The molecule has 3 N–H and O–H groups in total. The van der Waals surface area contributed by atoms with Crippen LogP contribution in [-0.4, -0.2) is 24.8 Å². The molecule has 0 aliphatic heterocycles. The van der Waals surface area contributed by atoms with Gasteiger partial charge in [-0.05, 0) is 49.1 Å². The summed E-state index contributed by atoms with van der Waals surface area (Å²) in [6.45, 7) is 4.26. The SMILES string of the molecule is CC1CCc2c(sc3nc(C(C)Sc4nnc(-c5cccs5)n4N)[nH]c(=O)c23)C1. The maximum Gasteiger partial charge on any atom is 0.259 e. The number of aryl methyl sites for hydroxylation is 1. The summed E-state index contributed by atoms with van der Waals surface area (Å²) < 4.78 is 1.49. The van der Waals surface area contributed by atoms with Crippen molar-refractivity contribution in [3.8, 4) is 10.7 Å². The quantitative estimate of drug-likeness (QED) is 0.364. The van der Waals surface area contributed by atoms with Gasteiger partial charge in [0.25, 0.3) is 5.56 Å². The van der Waals surface area contributed by atoms with Gasteiger partial charge in [0.05, 0.1) is 15.5 Å². The minimum absolute atomic E-state index is 0.0435. The van der Waals surface area contributed by atoms with E-state index in [1.54, 1.807) is 22.7 Å². The maximum atomic E-state index is 12.8. The molecule has 150 valence electrons. The highest BCUT2D eigenvalue weighted by Gasteiger charge is 2.24. The monoisotopic (exact) mass is 444 g/mol. The van der Waals surface area contributed by atoms with Gasteiger partial charge in [0.2, 0.25) is 5.16 Å². The Morgan fingerprint density at radius 1 is 1.41 bits per heavy atom. The summed E-state index contributed by atoms with van der Waals surface area (Å²) in [5, 5.41) is 11.7. The van der Waals surface area contributed by atoms with Crippen molar-refractivity contribution in [3.63, 3.8) is 0 Å². The van der Waals surface area contributed by atoms with Crippen LogP contribution in [0.3, 0.4) is 0 Å². The lowest BCUT2D eigenvalue weighted by molar-refractivity contribution is 0.509. The van der Waals surface area contributed by atoms with Crippen molar-refractivity contribution in [2.24, 2.45) is 5.92 Å². The van der Waals surface area contributed by atoms with Gasteiger partial charge in [0.1, 0.15) is 10.7 Å². The molecule has 10 heteroatoms. The molecule has 0 bridgehead atoms. The Morgan fingerprint density at radius 3 is 3.07 bits per heavy atom. The highest BCUT2D eigenvalue weighted by molar-refractivity contribution is 7.99. The number of aromatic nitrogens is 5. The van der Waals surface area contributed by atoms with Crippen molar-refractivity contribution in [3.05, 3.63) is 44.1 Å². The fourth-order valence-electron chi connectivity index (χ4n) is 3.70. The number of nitrogens with zero attached hydrogens (tertiary/aromatic N) is 4. The van der Waals surface area contributed by atoms with Gasteiger partial charge in [0, 0.05) is 4.88 Å². The van der Waals surface area contributed by atoms with Crippen molar-refractivity contribution in [2.45, 2.75) is 43.5 Å². The summed E-state index contributed by atoms with van der Waals surface area (Å²) in [5.74, 6) is 8.14. The topological polar surface area (TPSA) is 102 Å². The molecule has 0 spiro atoms. The van der Waals surface area contributed by atoms with Gasteiger partial charge >= 0.3 is 0 Å². The molecule has 4 heterocycles. The largest absolute Gasteiger partial charge is 0.335 e. The predicted octanol–water partition coefficient (Wildman–Crippen LogP) is 4.00. The summed E-state index contributed by atoms with van der Waals surface area (Å²) in [6.07, 6.45) is 3.13. The van der Waals surface area contributed by atoms with Crippen molar-refractivity contribution in [1.82, 2.24) is 24.8 Å². The van der Waals surface area contributed by atoms with Crippen LogP contribution in [0.15, 0.2) is 27.5 Å². The molecule has 4 aromatic heterocycles. The minimum Gasteiger partial charge on any atom is -0.335 e. The Labute approximate surface area is 179 Å². The molecule has 2 unspecified atom stereocenters.